The van der Waals surface area contributed by atoms with Gasteiger partial charge < -0.3 is 5.11 Å². The summed E-state index contributed by atoms with van der Waals surface area (Å²) in [6.45, 7) is 4.25. The average Bonchev–Trinajstić information content (AvgIpc) is 1.85. The molecule has 0 aliphatic heterocycles. The summed E-state index contributed by atoms with van der Waals surface area (Å²) < 4.78 is 0. The van der Waals surface area contributed by atoms with E-state index in [-0.39, 0.29) is 0 Å². The number of rotatable bonds is 5. The van der Waals surface area contributed by atoms with Crippen molar-refractivity contribution in [2.45, 2.75) is 33.0 Å². The van der Waals surface area contributed by atoms with Gasteiger partial charge in [0, 0.05) is 6.42 Å². The number of aliphatic hydroxyl groups is 1. The van der Waals surface area contributed by atoms with Gasteiger partial charge in [0.05, 0.1) is 6.61 Å². The molecule has 9 heavy (non-hydrogen) atoms. The predicted molar refractivity (Wildman–Crippen MR) is 33.6 cm³/mol. The molecule has 0 bridgehead atoms. The first-order valence-electron chi connectivity index (χ1n) is 3.27. The molecule has 0 heterocycles. The zero-order valence-corrected chi connectivity index (χ0v) is 5.96. The molecule has 0 aromatic heterocycles. The lowest BCUT2D eigenvalue weighted by molar-refractivity contribution is -0.368. The van der Waals surface area contributed by atoms with E-state index in [2.05, 4.69) is 9.78 Å². The summed E-state index contributed by atoms with van der Waals surface area (Å²) in [5.74, 6) is 0. The molecular formula is C6H14O3. The molecule has 0 radical (unpaired) electrons. The van der Waals surface area contributed by atoms with E-state index in [1.807, 2.05) is 6.92 Å². The molecule has 0 saturated heterocycles. The Morgan fingerprint density at radius 3 is 2.56 bits per heavy atom. The Morgan fingerprint density at radius 1 is 1.44 bits per heavy atom. The summed E-state index contributed by atoms with van der Waals surface area (Å²) in [6, 6.07) is 0. The number of hydrogen-bond donors (Lipinski definition) is 1. The summed E-state index contributed by atoms with van der Waals surface area (Å²) in [6.07, 6.45) is 0.767. The van der Waals surface area contributed by atoms with Crippen molar-refractivity contribution in [3.63, 3.8) is 0 Å². The van der Waals surface area contributed by atoms with E-state index in [4.69, 9.17) is 5.11 Å². The van der Waals surface area contributed by atoms with Crippen LogP contribution >= 0.6 is 0 Å². The van der Waals surface area contributed by atoms with Gasteiger partial charge in [-0.25, -0.2) is 9.78 Å². The van der Waals surface area contributed by atoms with Crippen molar-refractivity contribution in [2.24, 2.45) is 0 Å². The van der Waals surface area contributed by atoms with Crippen LogP contribution in [0.1, 0.15) is 26.7 Å². The third-order valence-corrected chi connectivity index (χ3v) is 0.833. The van der Waals surface area contributed by atoms with Crippen molar-refractivity contribution in [3.05, 3.63) is 0 Å². The van der Waals surface area contributed by atoms with E-state index in [0.717, 1.165) is 6.42 Å². The lowest BCUT2D eigenvalue weighted by Crippen LogP contribution is -2.11. The molecule has 0 aromatic carbocycles. The van der Waals surface area contributed by atoms with Gasteiger partial charge in [0.2, 0.25) is 0 Å². The molecule has 0 amide bonds. The Kier molecular flexibility index (Phi) is 5.93. The fraction of sp³-hybridized carbons (Fsp3) is 1.00. The van der Waals surface area contributed by atoms with Crippen LogP contribution in [0.3, 0.4) is 0 Å². The van der Waals surface area contributed by atoms with Crippen molar-refractivity contribution in [1.82, 2.24) is 0 Å². The molecular weight excluding hydrogens is 120 g/mol. The fourth-order valence-corrected chi connectivity index (χ4v) is 0.442. The van der Waals surface area contributed by atoms with Crippen molar-refractivity contribution >= 4 is 0 Å². The van der Waals surface area contributed by atoms with Crippen molar-refractivity contribution in [1.29, 1.82) is 0 Å². The zero-order chi connectivity index (χ0) is 7.11. The smallest absolute Gasteiger partial charge is 0.188 e. The van der Waals surface area contributed by atoms with E-state index >= 15 is 0 Å². The molecule has 1 atom stereocenters. The van der Waals surface area contributed by atoms with Crippen molar-refractivity contribution in [3.8, 4) is 0 Å². The molecule has 0 rings (SSSR count). The molecule has 1 N–H and O–H groups in total. The SMILES string of the molecule is CCCC(O)OOCC. The van der Waals surface area contributed by atoms with Gasteiger partial charge >= 0.3 is 0 Å². The van der Waals surface area contributed by atoms with E-state index in [9.17, 15) is 0 Å². The minimum absolute atomic E-state index is 0.473. The van der Waals surface area contributed by atoms with Gasteiger partial charge in [-0.2, -0.15) is 0 Å². The second-order valence-corrected chi connectivity index (χ2v) is 1.75. The van der Waals surface area contributed by atoms with Crippen molar-refractivity contribution in [2.75, 3.05) is 6.61 Å². The maximum atomic E-state index is 8.83. The van der Waals surface area contributed by atoms with Crippen LogP contribution < -0.4 is 0 Å². The lowest BCUT2D eigenvalue weighted by atomic mass is 10.3. The molecule has 1 unspecified atom stereocenters. The van der Waals surface area contributed by atoms with Crippen LogP contribution in [0.15, 0.2) is 0 Å². The Balaban J connectivity index is 2.95. The van der Waals surface area contributed by atoms with Gasteiger partial charge in [-0.15, -0.1) is 0 Å². The van der Waals surface area contributed by atoms with Crippen LogP contribution in [0.2, 0.25) is 0 Å². The van der Waals surface area contributed by atoms with Crippen LogP contribution in [0, 0.1) is 0 Å². The van der Waals surface area contributed by atoms with E-state index in [0.29, 0.717) is 13.0 Å². The van der Waals surface area contributed by atoms with Crippen molar-refractivity contribution < 1.29 is 14.9 Å². The van der Waals surface area contributed by atoms with Crippen LogP contribution in [-0.4, -0.2) is 18.0 Å². The van der Waals surface area contributed by atoms with Crippen LogP contribution in [-0.2, 0) is 9.78 Å². The van der Waals surface area contributed by atoms with Gasteiger partial charge in [0.15, 0.2) is 6.29 Å². The molecule has 3 heteroatoms. The molecule has 0 aliphatic rings. The molecule has 0 aromatic rings. The Labute approximate surface area is 55.5 Å². The molecule has 0 spiro atoms. The molecule has 56 valence electrons. The second kappa shape index (κ2) is 6.01. The average molecular weight is 134 g/mol. The predicted octanol–water partition coefficient (Wildman–Crippen LogP) is 1.07. The van der Waals surface area contributed by atoms with Gasteiger partial charge in [0.25, 0.3) is 0 Å². The Morgan fingerprint density at radius 2 is 2.11 bits per heavy atom. The second-order valence-electron chi connectivity index (χ2n) is 1.75. The fourth-order valence-electron chi connectivity index (χ4n) is 0.442. The van der Waals surface area contributed by atoms with Crippen LogP contribution in [0.25, 0.3) is 0 Å². The maximum absolute atomic E-state index is 8.83. The highest BCUT2D eigenvalue weighted by atomic mass is 17.2. The summed E-state index contributed by atoms with van der Waals surface area (Å²) >= 11 is 0. The third-order valence-electron chi connectivity index (χ3n) is 0.833. The monoisotopic (exact) mass is 134 g/mol. The Bertz CT molecular complexity index is 56.3. The molecule has 0 fully saturated rings. The largest absolute Gasteiger partial charge is 0.366 e. The van der Waals surface area contributed by atoms with E-state index in [1.54, 1.807) is 6.92 Å². The topological polar surface area (TPSA) is 38.7 Å². The summed E-state index contributed by atoms with van der Waals surface area (Å²) in [7, 11) is 0. The molecule has 0 saturated carbocycles. The highest BCUT2D eigenvalue weighted by Crippen LogP contribution is 1.97. The minimum atomic E-state index is -0.755. The highest BCUT2D eigenvalue weighted by Gasteiger charge is 2.00. The lowest BCUT2D eigenvalue weighted by Gasteiger charge is -2.07. The van der Waals surface area contributed by atoms with E-state index in [1.165, 1.54) is 0 Å². The maximum Gasteiger partial charge on any atom is 0.188 e. The zero-order valence-electron chi connectivity index (χ0n) is 5.96. The minimum Gasteiger partial charge on any atom is -0.366 e. The first-order chi connectivity index (χ1) is 4.31. The van der Waals surface area contributed by atoms with Gasteiger partial charge in [0.1, 0.15) is 0 Å². The quantitative estimate of drug-likeness (QED) is 0.347. The van der Waals surface area contributed by atoms with Gasteiger partial charge in [-0.1, -0.05) is 13.3 Å². The Hall–Kier alpha value is -0.120. The normalized spacial score (nSPS) is 13.7. The molecule has 3 nitrogen and oxygen atoms in total. The number of hydrogen-bond acceptors (Lipinski definition) is 3. The standard InChI is InChI=1S/C6H14O3/c1-3-5-6(7)9-8-4-2/h6-7H,3-5H2,1-2H3. The van der Waals surface area contributed by atoms with Crippen LogP contribution in [0.4, 0.5) is 0 Å². The van der Waals surface area contributed by atoms with Crippen LogP contribution in [0.5, 0.6) is 0 Å². The first-order valence-corrected chi connectivity index (χ1v) is 3.27. The number of aliphatic hydroxyl groups excluding tert-OH is 1. The summed E-state index contributed by atoms with van der Waals surface area (Å²) in [5, 5.41) is 8.83. The first kappa shape index (κ1) is 8.88. The molecule has 0 aliphatic carbocycles. The van der Waals surface area contributed by atoms with Gasteiger partial charge in [-0.3, -0.25) is 0 Å². The highest BCUT2D eigenvalue weighted by molar-refractivity contribution is 4.33. The third kappa shape index (κ3) is 5.76. The van der Waals surface area contributed by atoms with E-state index < -0.39 is 6.29 Å². The summed E-state index contributed by atoms with van der Waals surface area (Å²) in [5.41, 5.74) is 0. The summed E-state index contributed by atoms with van der Waals surface area (Å²) in [4.78, 5) is 8.98. The van der Waals surface area contributed by atoms with Gasteiger partial charge in [-0.05, 0) is 6.92 Å².